The van der Waals surface area contributed by atoms with E-state index in [1.807, 2.05) is 13.8 Å². The molecule has 134 valence electrons. The zero-order valence-electron chi connectivity index (χ0n) is 14.7. The van der Waals surface area contributed by atoms with Crippen molar-refractivity contribution in [1.29, 1.82) is 0 Å². The molecule has 0 bridgehead atoms. The van der Waals surface area contributed by atoms with E-state index in [9.17, 15) is 23.1 Å². The van der Waals surface area contributed by atoms with Crippen molar-refractivity contribution < 1.29 is 23.1 Å². The molecule has 1 rings (SSSR count). The first kappa shape index (κ1) is 19.9. The number of nitrogens with one attached hydrogen (secondary N) is 1. The minimum Gasteiger partial charge on any atom is -0.481 e. The number of nitrogens with zero attached hydrogens (tertiary/aromatic N) is 1. The third-order valence-electron chi connectivity index (χ3n) is 4.59. The third-order valence-corrected chi connectivity index (χ3v) is 5.25. The molecule has 2 unspecified atom stereocenters. The molecule has 0 radical (unpaired) electrons. The van der Waals surface area contributed by atoms with Gasteiger partial charge in [0.15, 0.2) is 0 Å². The molecule has 1 aliphatic rings. The summed E-state index contributed by atoms with van der Waals surface area (Å²) in [5.41, 5.74) is -1.59. The number of hydrogen-bond acceptors (Lipinski definition) is 4. The van der Waals surface area contributed by atoms with Crippen LogP contribution in [0.1, 0.15) is 41.0 Å². The van der Waals surface area contributed by atoms with Gasteiger partial charge in [0.05, 0.1) is 11.7 Å². The fraction of sp³-hybridized carbons (Fsp3) is 0.867. The minimum absolute atomic E-state index is 0.108. The Labute approximate surface area is 138 Å². The number of hydrogen-bond donors (Lipinski definition) is 2. The molecule has 7 nitrogen and oxygen atoms in total. The fourth-order valence-corrected chi connectivity index (χ4v) is 3.79. The lowest BCUT2D eigenvalue weighted by molar-refractivity contribution is -0.151. The molecule has 2 atom stereocenters. The Morgan fingerprint density at radius 2 is 1.78 bits per heavy atom. The maximum absolute atomic E-state index is 12.8. The van der Waals surface area contributed by atoms with Crippen LogP contribution in [0.3, 0.4) is 0 Å². The molecule has 1 aliphatic heterocycles. The smallest absolute Gasteiger partial charge is 0.311 e. The van der Waals surface area contributed by atoms with Gasteiger partial charge in [0.1, 0.15) is 6.04 Å². The van der Waals surface area contributed by atoms with E-state index in [-0.39, 0.29) is 18.4 Å². The van der Waals surface area contributed by atoms with E-state index in [1.165, 1.54) is 4.90 Å². The van der Waals surface area contributed by atoms with Crippen LogP contribution >= 0.6 is 0 Å². The van der Waals surface area contributed by atoms with Gasteiger partial charge in [-0.3, -0.25) is 9.59 Å². The van der Waals surface area contributed by atoms with Crippen LogP contribution in [0.2, 0.25) is 0 Å². The van der Waals surface area contributed by atoms with Crippen molar-refractivity contribution in [2.75, 3.05) is 19.3 Å². The first-order valence-electron chi connectivity index (χ1n) is 7.70. The normalized spacial score (nSPS) is 24.0. The predicted molar refractivity (Wildman–Crippen MR) is 87.3 cm³/mol. The van der Waals surface area contributed by atoms with Gasteiger partial charge >= 0.3 is 5.97 Å². The van der Waals surface area contributed by atoms with E-state index in [0.29, 0.717) is 13.0 Å². The summed E-state index contributed by atoms with van der Waals surface area (Å²) >= 11 is 0. The summed E-state index contributed by atoms with van der Waals surface area (Å²) in [5.74, 6) is -1.40. The van der Waals surface area contributed by atoms with Crippen LogP contribution in [-0.2, 0) is 19.6 Å². The Kier molecular flexibility index (Phi) is 5.53. The Balaban J connectivity index is 3.06. The quantitative estimate of drug-likeness (QED) is 0.768. The van der Waals surface area contributed by atoms with Gasteiger partial charge in [-0.25, -0.2) is 13.1 Å². The van der Waals surface area contributed by atoms with Gasteiger partial charge < -0.3 is 10.0 Å². The Hall–Kier alpha value is -1.15. The maximum Gasteiger partial charge on any atom is 0.311 e. The van der Waals surface area contributed by atoms with E-state index in [0.717, 1.165) is 6.26 Å². The van der Waals surface area contributed by atoms with Crippen LogP contribution in [0.15, 0.2) is 0 Å². The molecule has 1 saturated heterocycles. The molecule has 0 aromatic carbocycles. The molecule has 0 aromatic rings. The summed E-state index contributed by atoms with van der Waals surface area (Å²) in [7, 11) is -3.56. The van der Waals surface area contributed by atoms with Gasteiger partial charge in [0.2, 0.25) is 15.9 Å². The number of rotatable bonds is 5. The van der Waals surface area contributed by atoms with Crippen molar-refractivity contribution in [3.8, 4) is 0 Å². The summed E-state index contributed by atoms with van der Waals surface area (Å²) < 4.78 is 25.5. The zero-order valence-corrected chi connectivity index (χ0v) is 15.5. The van der Waals surface area contributed by atoms with E-state index in [1.54, 1.807) is 20.8 Å². The van der Waals surface area contributed by atoms with Crippen molar-refractivity contribution >= 4 is 21.9 Å². The average molecular weight is 348 g/mol. The molecule has 23 heavy (non-hydrogen) atoms. The van der Waals surface area contributed by atoms with Crippen LogP contribution in [0.5, 0.6) is 0 Å². The molecule has 0 saturated carbocycles. The number of carbonyl (C=O) groups excluding carboxylic acids is 1. The van der Waals surface area contributed by atoms with Crippen molar-refractivity contribution in [2.45, 2.75) is 47.1 Å². The topological polar surface area (TPSA) is 104 Å². The number of amides is 1. The van der Waals surface area contributed by atoms with Gasteiger partial charge in [-0.1, -0.05) is 34.6 Å². The number of likely N-dealkylation sites (tertiary alicyclic amines) is 1. The molecular formula is C15H28N2O5S. The molecule has 1 amide bonds. The second kappa shape index (κ2) is 6.39. The molecule has 0 aromatic heterocycles. The highest BCUT2D eigenvalue weighted by Crippen LogP contribution is 2.39. The molecule has 1 fully saturated rings. The zero-order chi connectivity index (χ0) is 18.2. The summed E-state index contributed by atoms with van der Waals surface area (Å²) in [6.07, 6.45) is 1.39. The Bertz CT molecular complexity index is 579. The Morgan fingerprint density at radius 1 is 1.26 bits per heavy atom. The molecule has 8 heteroatoms. The van der Waals surface area contributed by atoms with Crippen molar-refractivity contribution in [3.05, 3.63) is 0 Å². The Morgan fingerprint density at radius 3 is 2.09 bits per heavy atom. The van der Waals surface area contributed by atoms with Crippen LogP contribution in [0.4, 0.5) is 0 Å². The maximum atomic E-state index is 12.8. The lowest BCUT2D eigenvalue weighted by Crippen LogP contribution is -2.54. The first-order chi connectivity index (χ1) is 10.2. The average Bonchev–Trinajstić information content (AvgIpc) is 2.79. The van der Waals surface area contributed by atoms with Crippen LogP contribution in [0.25, 0.3) is 0 Å². The first-order valence-corrected chi connectivity index (χ1v) is 9.59. The highest BCUT2D eigenvalue weighted by atomic mass is 32.2. The molecule has 0 spiro atoms. The largest absolute Gasteiger partial charge is 0.481 e. The van der Waals surface area contributed by atoms with Gasteiger partial charge in [0.25, 0.3) is 0 Å². The number of aliphatic carboxylic acids is 1. The molecule has 1 heterocycles. The SMILES string of the molecule is CC(C)C1(C(=O)O)CCN(C(=O)C(NS(C)(=O)=O)C(C)(C)C)C1. The van der Waals surface area contributed by atoms with E-state index < -0.39 is 32.9 Å². The summed E-state index contributed by atoms with van der Waals surface area (Å²) in [6.45, 7) is 9.42. The van der Waals surface area contributed by atoms with Gasteiger partial charge in [-0.05, 0) is 17.8 Å². The second-order valence-corrected chi connectivity index (χ2v) is 9.59. The number of sulfonamides is 1. The predicted octanol–water partition coefficient (Wildman–Crippen LogP) is 0.910. The molecular weight excluding hydrogens is 320 g/mol. The van der Waals surface area contributed by atoms with Gasteiger partial charge in [-0.15, -0.1) is 0 Å². The summed E-state index contributed by atoms with van der Waals surface area (Å²) in [5, 5.41) is 9.57. The van der Waals surface area contributed by atoms with Crippen molar-refractivity contribution in [1.82, 2.24) is 9.62 Å². The highest BCUT2D eigenvalue weighted by Gasteiger charge is 2.50. The number of carboxylic acids is 1. The van der Waals surface area contributed by atoms with E-state index in [4.69, 9.17) is 0 Å². The molecule has 2 N–H and O–H groups in total. The van der Waals surface area contributed by atoms with Crippen LogP contribution in [-0.4, -0.2) is 55.7 Å². The third kappa shape index (κ3) is 4.44. The minimum atomic E-state index is -3.56. The lowest BCUT2D eigenvalue weighted by atomic mass is 9.76. The number of carbonyl (C=O) groups is 2. The van der Waals surface area contributed by atoms with Gasteiger partial charge in [0, 0.05) is 13.1 Å². The number of carboxylic acid groups (broad SMARTS) is 1. The fourth-order valence-electron chi connectivity index (χ4n) is 2.91. The van der Waals surface area contributed by atoms with Gasteiger partial charge in [-0.2, -0.15) is 0 Å². The lowest BCUT2D eigenvalue weighted by Gasteiger charge is -2.34. The summed E-state index contributed by atoms with van der Waals surface area (Å²) in [4.78, 5) is 26.0. The van der Waals surface area contributed by atoms with Crippen LogP contribution in [0, 0.1) is 16.7 Å². The summed E-state index contributed by atoms with van der Waals surface area (Å²) in [6, 6.07) is -0.922. The monoisotopic (exact) mass is 348 g/mol. The van der Waals surface area contributed by atoms with E-state index in [2.05, 4.69) is 4.72 Å². The van der Waals surface area contributed by atoms with Crippen molar-refractivity contribution in [2.24, 2.45) is 16.7 Å². The second-order valence-electron chi connectivity index (χ2n) is 7.81. The van der Waals surface area contributed by atoms with Crippen LogP contribution < -0.4 is 4.72 Å². The van der Waals surface area contributed by atoms with Crippen molar-refractivity contribution in [3.63, 3.8) is 0 Å². The standard InChI is InChI=1S/C15H28N2O5S/c1-10(2)15(13(19)20)7-8-17(9-15)12(18)11(14(3,4)5)16-23(6,21)22/h10-11,16H,7-9H2,1-6H3,(H,19,20). The van der Waals surface area contributed by atoms with E-state index >= 15 is 0 Å². The molecule has 0 aliphatic carbocycles. The highest BCUT2D eigenvalue weighted by molar-refractivity contribution is 7.88.